The molecule has 6 nitrogen and oxygen atoms in total. The zero-order valence-electron chi connectivity index (χ0n) is 14.5. The quantitative estimate of drug-likeness (QED) is 0.323. The van der Waals surface area contributed by atoms with Crippen molar-refractivity contribution in [2.75, 3.05) is 17.2 Å². The number of halogens is 4. The predicted molar refractivity (Wildman–Crippen MR) is 114 cm³/mol. The van der Waals surface area contributed by atoms with E-state index in [1.54, 1.807) is 19.1 Å². The molecule has 28 heavy (non-hydrogen) atoms. The van der Waals surface area contributed by atoms with Gasteiger partial charge in [0.05, 0.1) is 27.6 Å². The van der Waals surface area contributed by atoms with Crippen molar-refractivity contribution in [1.29, 1.82) is 0 Å². The molecule has 0 unspecified atom stereocenters. The number of oxime groups is 1. The van der Waals surface area contributed by atoms with Crippen LogP contribution in [-0.2, 0) is 14.4 Å². The minimum absolute atomic E-state index is 0.225. The molecule has 2 aromatic carbocycles. The number of rotatable bonds is 7. The van der Waals surface area contributed by atoms with Crippen molar-refractivity contribution in [2.24, 2.45) is 11.1 Å². The standard InChI is InChI=1S/C18H15Cl4N3O3/c1-2-28-23-9-12(17(26)24-15-5-3-10(19)7-13(15)21)18(27)25-16-6-4-11(20)8-14(16)22/h3-9,12H,2H2,1H3,(H,24,26)(H,25,27). The summed E-state index contributed by atoms with van der Waals surface area (Å²) in [6.07, 6.45) is 1.09. The fourth-order valence-electron chi connectivity index (χ4n) is 2.04. The van der Waals surface area contributed by atoms with E-state index in [0.29, 0.717) is 21.4 Å². The maximum absolute atomic E-state index is 12.7. The molecular formula is C18H15Cl4N3O3. The Hall–Kier alpha value is -1.99. The second kappa shape index (κ2) is 10.5. The number of amides is 2. The molecule has 0 saturated heterocycles. The monoisotopic (exact) mass is 461 g/mol. The molecule has 10 heteroatoms. The number of nitrogens with zero attached hydrogens (tertiary/aromatic N) is 1. The van der Waals surface area contributed by atoms with Crippen LogP contribution in [0.1, 0.15) is 6.92 Å². The van der Waals surface area contributed by atoms with Crippen LogP contribution in [0.3, 0.4) is 0 Å². The fourth-order valence-corrected chi connectivity index (χ4v) is 2.95. The van der Waals surface area contributed by atoms with Crippen molar-refractivity contribution in [3.8, 4) is 0 Å². The van der Waals surface area contributed by atoms with Gasteiger partial charge in [-0.15, -0.1) is 0 Å². The lowest BCUT2D eigenvalue weighted by molar-refractivity contribution is -0.126. The summed E-state index contributed by atoms with van der Waals surface area (Å²) in [4.78, 5) is 30.2. The molecule has 2 rings (SSSR count). The van der Waals surface area contributed by atoms with Crippen LogP contribution < -0.4 is 10.6 Å². The van der Waals surface area contributed by atoms with Crippen LogP contribution in [-0.4, -0.2) is 24.6 Å². The van der Waals surface area contributed by atoms with Gasteiger partial charge in [-0.1, -0.05) is 51.6 Å². The Morgan fingerprint density at radius 1 is 0.964 bits per heavy atom. The molecule has 148 valence electrons. The number of hydrogen-bond acceptors (Lipinski definition) is 4. The van der Waals surface area contributed by atoms with Crippen LogP contribution in [0.4, 0.5) is 11.4 Å². The van der Waals surface area contributed by atoms with E-state index in [-0.39, 0.29) is 16.7 Å². The van der Waals surface area contributed by atoms with Gasteiger partial charge >= 0.3 is 0 Å². The minimum atomic E-state index is -1.31. The van der Waals surface area contributed by atoms with Gasteiger partial charge in [-0.3, -0.25) is 9.59 Å². The van der Waals surface area contributed by atoms with Gasteiger partial charge in [0.1, 0.15) is 6.61 Å². The number of hydrogen-bond donors (Lipinski definition) is 2. The van der Waals surface area contributed by atoms with Crippen LogP contribution in [0.5, 0.6) is 0 Å². The Morgan fingerprint density at radius 3 is 1.82 bits per heavy atom. The smallest absolute Gasteiger partial charge is 0.242 e. The molecule has 2 N–H and O–H groups in total. The number of benzene rings is 2. The summed E-state index contributed by atoms with van der Waals surface area (Å²) in [6.45, 7) is 1.99. The Balaban J connectivity index is 2.22. The van der Waals surface area contributed by atoms with E-state index in [0.717, 1.165) is 6.21 Å². The third-order valence-electron chi connectivity index (χ3n) is 3.36. The lowest BCUT2D eigenvalue weighted by atomic mass is 10.1. The molecule has 2 amide bonds. The zero-order valence-corrected chi connectivity index (χ0v) is 17.5. The van der Waals surface area contributed by atoms with Crippen LogP contribution in [0, 0.1) is 5.92 Å². The van der Waals surface area contributed by atoms with Crippen LogP contribution in [0.15, 0.2) is 41.6 Å². The molecule has 0 aliphatic rings. The fraction of sp³-hybridized carbons (Fsp3) is 0.167. The van der Waals surface area contributed by atoms with E-state index in [1.807, 2.05) is 0 Å². The van der Waals surface area contributed by atoms with Gasteiger partial charge in [-0.25, -0.2) is 0 Å². The molecule has 0 aliphatic carbocycles. The molecule has 0 atom stereocenters. The van der Waals surface area contributed by atoms with E-state index in [9.17, 15) is 9.59 Å². The van der Waals surface area contributed by atoms with Crippen molar-refractivity contribution in [3.63, 3.8) is 0 Å². The largest absolute Gasteiger partial charge is 0.396 e. The summed E-state index contributed by atoms with van der Waals surface area (Å²) in [5.41, 5.74) is 0.589. The van der Waals surface area contributed by atoms with Gasteiger partial charge in [-0.2, -0.15) is 0 Å². The number of carbonyl (C=O) groups excluding carboxylic acids is 2. The van der Waals surface area contributed by atoms with E-state index in [2.05, 4.69) is 15.8 Å². The summed E-state index contributed by atoms with van der Waals surface area (Å²) in [6, 6.07) is 9.09. The topological polar surface area (TPSA) is 79.8 Å². The molecule has 0 aromatic heterocycles. The van der Waals surface area contributed by atoms with Crippen molar-refractivity contribution in [2.45, 2.75) is 6.92 Å². The van der Waals surface area contributed by atoms with Gasteiger partial charge in [0.2, 0.25) is 11.8 Å². The van der Waals surface area contributed by atoms with Gasteiger partial charge in [-0.05, 0) is 43.3 Å². The molecule has 0 bridgehead atoms. The maximum atomic E-state index is 12.7. The summed E-state index contributed by atoms with van der Waals surface area (Å²) < 4.78 is 0. The Labute approximate surface area is 181 Å². The third kappa shape index (κ3) is 6.27. The highest BCUT2D eigenvalue weighted by molar-refractivity contribution is 6.38. The van der Waals surface area contributed by atoms with Crippen molar-refractivity contribution < 1.29 is 14.4 Å². The number of nitrogens with one attached hydrogen (secondary N) is 2. The lowest BCUT2D eigenvalue weighted by Gasteiger charge is -2.15. The molecule has 0 spiro atoms. The van der Waals surface area contributed by atoms with Crippen LogP contribution in [0.2, 0.25) is 20.1 Å². The molecule has 2 aromatic rings. The van der Waals surface area contributed by atoms with Crippen molar-refractivity contribution >= 4 is 75.8 Å². The summed E-state index contributed by atoms with van der Waals surface area (Å²) in [7, 11) is 0. The average Bonchev–Trinajstić information content (AvgIpc) is 2.63. The molecular weight excluding hydrogens is 448 g/mol. The van der Waals surface area contributed by atoms with Gasteiger partial charge in [0.25, 0.3) is 0 Å². The normalized spacial score (nSPS) is 10.9. The Morgan fingerprint density at radius 2 is 1.43 bits per heavy atom. The minimum Gasteiger partial charge on any atom is -0.396 e. The highest BCUT2D eigenvalue weighted by Crippen LogP contribution is 2.27. The SMILES string of the molecule is CCON=CC(C(=O)Nc1ccc(Cl)cc1Cl)C(=O)Nc1ccc(Cl)cc1Cl. The third-order valence-corrected chi connectivity index (χ3v) is 4.45. The first-order valence-electron chi connectivity index (χ1n) is 7.99. The van der Waals surface area contributed by atoms with Gasteiger partial charge in [0.15, 0.2) is 5.92 Å². The predicted octanol–water partition coefficient (Wildman–Crippen LogP) is 5.52. The van der Waals surface area contributed by atoms with E-state index in [4.69, 9.17) is 51.2 Å². The average molecular weight is 463 g/mol. The Kier molecular flexibility index (Phi) is 8.38. The highest BCUT2D eigenvalue weighted by Gasteiger charge is 2.27. The molecule has 0 aliphatic heterocycles. The van der Waals surface area contributed by atoms with Crippen molar-refractivity contribution in [3.05, 3.63) is 56.5 Å². The second-order valence-corrected chi connectivity index (χ2v) is 7.06. The highest BCUT2D eigenvalue weighted by atomic mass is 35.5. The van der Waals surface area contributed by atoms with E-state index >= 15 is 0 Å². The summed E-state index contributed by atoms with van der Waals surface area (Å²) in [5.74, 6) is -2.66. The number of carbonyl (C=O) groups is 2. The van der Waals surface area contributed by atoms with Crippen LogP contribution in [0.25, 0.3) is 0 Å². The van der Waals surface area contributed by atoms with E-state index in [1.165, 1.54) is 24.3 Å². The first-order chi connectivity index (χ1) is 13.3. The number of anilines is 2. The zero-order chi connectivity index (χ0) is 20.7. The summed E-state index contributed by atoms with van der Waals surface area (Å²) in [5, 5.41) is 10.0. The molecule has 0 saturated carbocycles. The van der Waals surface area contributed by atoms with Crippen LogP contribution >= 0.6 is 46.4 Å². The molecule has 0 fully saturated rings. The van der Waals surface area contributed by atoms with E-state index < -0.39 is 17.7 Å². The lowest BCUT2D eigenvalue weighted by Crippen LogP contribution is -2.35. The second-order valence-electron chi connectivity index (χ2n) is 5.38. The first kappa shape index (κ1) is 22.3. The van der Waals surface area contributed by atoms with Gasteiger partial charge in [0, 0.05) is 10.0 Å². The molecule has 0 heterocycles. The first-order valence-corrected chi connectivity index (χ1v) is 9.50. The van der Waals surface area contributed by atoms with Crippen molar-refractivity contribution in [1.82, 2.24) is 0 Å². The Bertz CT molecular complexity index is 840. The molecule has 0 radical (unpaired) electrons. The van der Waals surface area contributed by atoms with Gasteiger partial charge < -0.3 is 15.5 Å². The maximum Gasteiger partial charge on any atom is 0.242 e. The summed E-state index contributed by atoms with van der Waals surface area (Å²) >= 11 is 23.8.